The number of alkyl halides is 3. The Morgan fingerprint density at radius 3 is 2.78 bits per heavy atom. The van der Waals surface area contributed by atoms with Crippen LogP contribution in [0, 0.1) is 0 Å². The van der Waals surface area contributed by atoms with Crippen molar-refractivity contribution in [2.45, 2.75) is 24.8 Å². The van der Waals surface area contributed by atoms with E-state index in [1.165, 1.54) is 17.8 Å². The van der Waals surface area contributed by atoms with Crippen LogP contribution < -0.4 is 5.32 Å². The van der Waals surface area contributed by atoms with Gasteiger partial charge in [0.25, 0.3) is 0 Å². The van der Waals surface area contributed by atoms with Crippen molar-refractivity contribution in [2.75, 3.05) is 17.6 Å². The maximum atomic E-state index is 13.1. The Labute approximate surface area is 113 Å². The molecule has 0 bridgehead atoms. The summed E-state index contributed by atoms with van der Waals surface area (Å²) in [6.07, 6.45) is -3.48. The molecule has 1 atom stereocenters. The van der Waals surface area contributed by atoms with E-state index in [2.05, 4.69) is 5.32 Å². The number of benzene rings is 1. The smallest absolute Gasteiger partial charge is 0.385 e. The lowest BCUT2D eigenvalue weighted by molar-refractivity contribution is -0.138. The minimum absolute atomic E-state index is 0.219. The summed E-state index contributed by atoms with van der Waals surface area (Å²) in [5.74, 6) is 0.845. The summed E-state index contributed by atoms with van der Waals surface area (Å²) in [4.78, 5) is 0. The van der Waals surface area contributed by atoms with Crippen molar-refractivity contribution >= 4 is 29.1 Å². The number of thioether (sulfide) groups is 1. The van der Waals surface area contributed by atoms with Crippen LogP contribution >= 0.6 is 23.4 Å². The van der Waals surface area contributed by atoms with E-state index in [1.807, 2.05) is 0 Å². The first-order chi connectivity index (χ1) is 8.41. The second-order valence-electron chi connectivity index (χ2n) is 4.17. The average Bonchev–Trinajstić information content (AvgIpc) is 2.25. The van der Waals surface area contributed by atoms with Crippen molar-refractivity contribution in [1.82, 2.24) is 0 Å². The van der Waals surface area contributed by atoms with Crippen LogP contribution in [0.25, 0.3) is 0 Å². The zero-order chi connectivity index (χ0) is 13.3. The molecule has 1 aromatic rings. The summed E-state index contributed by atoms with van der Waals surface area (Å²) in [6.45, 7) is 2.48. The van der Waals surface area contributed by atoms with Crippen LogP contribution in [0.5, 0.6) is 0 Å². The molecule has 100 valence electrons. The first-order valence-corrected chi connectivity index (χ1v) is 7.09. The standard InChI is InChI=1S/C12H13ClF3NS/c1-7-10-9(17-5-2-6-18-7)4-3-8(13)11(10)12(14,15)16/h3-4,7,17H,2,5-6H2,1H3. The third-order valence-corrected chi connectivity index (χ3v) is 4.46. The van der Waals surface area contributed by atoms with Crippen molar-refractivity contribution in [1.29, 1.82) is 0 Å². The molecular formula is C12H13ClF3NS. The second kappa shape index (κ2) is 5.21. The van der Waals surface area contributed by atoms with Gasteiger partial charge in [-0.2, -0.15) is 24.9 Å². The SMILES string of the molecule is CC1SCCCNc2ccc(Cl)c(C(F)(F)F)c21. The molecule has 2 rings (SSSR count). The number of anilines is 1. The van der Waals surface area contributed by atoms with Gasteiger partial charge in [-0.15, -0.1) is 0 Å². The first kappa shape index (κ1) is 13.9. The molecule has 1 aromatic carbocycles. The van der Waals surface area contributed by atoms with Crippen LogP contribution in [0.3, 0.4) is 0 Å². The van der Waals surface area contributed by atoms with E-state index in [-0.39, 0.29) is 15.8 Å². The molecule has 0 aliphatic carbocycles. The van der Waals surface area contributed by atoms with Gasteiger partial charge in [-0.3, -0.25) is 0 Å². The number of nitrogens with one attached hydrogen (secondary N) is 1. The molecule has 1 nitrogen and oxygen atoms in total. The number of fused-ring (bicyclic) bond motifs is 1. The zero-order valence-electron chi connectivity index (χ0n) is 9.77. The third kappa shape index (κ3) is 2.72. The van der Waals surface area contributed by atoms with Gasteiger partial charge in [0.2, 0.25) is 0 Å². The van der Waals surface area contributed by atoms with Gasteiger partial charge in [0.1, 0.15) is 0 Å². The zero-order valence-corrected chi connectivity index (χ0v) is 11.3. The number of hydrogen-bond acceptors (Lipinski definition) is 2. The topological polar surface area (TPSA) is 12.0 Å². The second-order valence-corrected chi connectivity index (χ2v) is 6.03. The fourth-order valence-corrected chi connectivity index (χ4v) is 3.44. The molecular weight excluding hydrogens is 283 g/mol. The summed E-state index contributed by atoms with van der Waals surface area (Å²) >= 11 is 7.28. The molecule has 0 aromatic heterocycles. The Morgan fingerprint density at radius 1 is 1.39 bits per heavy atom. The molecule has 1 unspecified atom stereocenters. The molecule has 6 heteroatoms. The highest BCUT2D eigenvalue weighted by molar-refractivity contribution is 7.99. The summed E-state index contributed by atoms with van der Waals surface area (Å²) in [5, 5.41) is 2.62. The van der Waals surface area contributed by atoms with Crippen LogP contribution in [-0.2, 0) is 6.18 Å². The Kier molecular flexibility index (Phi) is 4.02. The summed E-state index contributed by atoms with van der Waals surface area (Å²) in [5.41, 5.74) is 0.127. The van der Waals surface area contributed by atoms with Crippen LogP contribution in [-0.4, -0.2) is 12.3 Å². The Bertz CT molecular complexity index is 448. The van der Waals surface area contributed by atoms with Gasteiger partial charge in [0.15, 0.2) is 0 Å². The van der Waals surface area contributed by atoms with E-state index < -0.39 is 11.7 Å². The molecule has 1 aliphatic heterocycles. The van der Waals surface area contributed by atoms with Crippen LogP contribution in [0.4, 0.5) is 18.9 Å². The highest BCUT2D eigenvalue weighted by Crippen LogP contribution is 2.46. The molecule has 0 fully saturated rings. The maximum Gasteiger partial charge on any atom is 0.418 e. The fraction of sp³-hybridized carbons (Fsp3) is 0.500. The van der Waals surface area contributed by atoms with E-state index in [0.29, 0.717) is 12.2 Å². The predicted molar refractivity (Wildman–Crippen MR) is 70.4 cm³/mol. The van der Waals surface area contributed by atoms with Gasteiger partial charge in [-0.05, 0) is 31.2 Å². The van der Waals surface area contributed by atoms with Gasteiger partial charge >= 0.3 is 6.18 Å². The van der Waals surface area contributed by atoms with Gasteiger partial charge < -0.3 is 5.32 Å². The lowest BCUT2D eigenvalue weighted by atomic mass is 10.0. The minimum atomic E-state index is -4.42. The first-order valence-electron chi connectivity index (χ1n) is 5.66. The molecule has 1 heterocycles. The third-order valence-electron chi connectivity index (χ3n) is 2.89. The summed E-state index contributed by atoms with van der Waals surface area (Å²) < 4.78 is 39.4. The average molecular weight is 296 g/mol. The molecule has 0 saturated carbocycles. The lowest BCUT2D eigenvalue weighted by Crippen LogP contribution is -2.16. The summed E-state index contributed by atoms with van der Waals surface area (Å²) in [7, 11) is 0. The van der Waals surface area contributed by atoms with E-state index in [1.54, 1.807) is 13.0 Å². The van der Waals surface area contributed by atoms with Crippen molar-refractivity contribution < 1.29 is 13.2 Å². The van der Waals surface area contributed by atoms with Gasteiger partial charge in [-0.1, -0.05) is 11.6 Å². The van der Waals surface area contributed by atoms with Crippen molar-refractivity contribution in [3.05, 3.63) is 28.3 Å². The Balaban J connectivity index is 2.61. The van der Waals surface area contributed by atoms with Crippen molar-refractivity contribution in [3.8, 4) is 0 Å². The monoisotopic (exact) mass is 295 g/mol. The Hall–Kier alpha value is -0.550. The Morgan fingerprint density at radius 2 is 2.11 bits per heavy atom. The van der Waals surface area contributed by atoms with Crippen molar-refractivity contribution in [3.63, 3.8) is 0 Å². The van der Waals surface area contributed by atoms with Crippen molar-refractivity contribution in [2.24, 2.45) is 0 Å². The highest BCUT2D eigenvalue weighted by atomic mass is 35.5. The number of halogens is 4. The maximum absolute atomic E-state index is 13.1. The normalized spacial score (nSPS) is 20.6. The molecule has 0 amide bonds. The number of rotatable bonds is 0. The van der Waals surface area contributed by atoms with E-state index >= 15 is 0 Å². The molecule has 1 N–H and O–H groups in total. The van der Waals surface area contributed by atoms with Crippen LogP contribution in [0.1, 0.15) is 29.7 Å². The number of hydrogen-bond donors (Lipinski definition) is 1. The van der Waals surface area contributed by atoms with Gasteiger partial charge in [0, 0.05) is 23.0 Å². The predicted octanol–water partition coefficient (Wildman–Crippen LogP) is 4.97. The molecule has 18 heavy (non-hydrogen) atoms. The molecule has 0 radical (unpaired) electrons. The largest absolute Gasteiger partial charge is 0.418 e. The van der Waals surface area contributed by atoms with Gasteiger partial charge in [-0.25, -0.2) is 0 Å². The van der Waals surface area contributed by atoms with E-state index in [4.69, 9.17) is 11.6 Å². The lowest BCUT2D eigenvalue weighted by Gasteiger charge is -2.25. The fourth-order valence-electron chi connectivity index (χ4n) is 2.10. The quantitative estimate of drug-likeness (QED) is 0.725. The molecule has 0 saturated heterocycles. The molecule has 1 aliphatic rings. The molecule has 0 spiro atoms. The summed E-state index contributed by atoms with van der Waals surface area (Å²) in [6, 6.07) is 2.95. The van der Waals surface area contributed by atoms with Crippen LogP contribution in [0.15, 0.2) is 12.1 Å². The highest BCUT2D eigenvalue weighted by Gasteiger charge is 2.38. The van der Waals surface area contributed by atoms with E-state index in [0.717, 1.165) is 12.2 Å². The van der Waals surface area contributed by atoms with Gasteiger partial charge in [0.05, 0.1) is 10.6 Å². The van der Waals surface area contributed by atoms with Crippen LogP contribution in [0.2, 0.25) is 5.02 Å². The van der Waals surface area contributed by atoms with E-state index in [9.17, 15) is 13.2 Å². The minimum Gasteiger partial charge on any atom is -0.385 e.